The Balaban J connectivity index is 2.24. The van der Waals surface area contributed by atoms with Crippen LogP contribution in [0.3, 0.4) is 0 Å². The van der Waals surface area contributed by atoms with E-state index in [1.54, 1.807) is 0 Å². The van der Waals surface area contributed by atoms with Crippen molar-refractivity contribution in [2.75, 3.05) is 0 Å². The topological polar surface area (TPSA) is 37.3 Å². The molecule has 1 N–H and O–H groups in total. The third-order valence-electron chi connectivity index (χ3n) is 1.87. The van der Waals surface area contributed by atoms with Crippen molar-refractivity contribution in [1.29, 1.82) is 0 Å². The minimum absolute atomic E-state index is 0.263. The van der Waals surface area contributed by atoms with Gasteiger partial charge in [0, 0.05) is 18.8 Å². The highest BCUT2D eigenvalue weighted by Crippen LogP contribution is 2.16. The van der Waals surface area contributed by atoms with Gasteiger partial charge in [0.2, 0.25) is 0 Å². The average Bonchev–Trinajstić information content (AvgIpc) is 2.03. The van der Waals surface area contributed by atoms with Crippen LogP contribution in [0.5, 0.6) is 0 Å². The van der Waals surface area contributed by atoms with Gasteiger partial charge in [-0.2, -0.15) is 0 Å². The zero-order valence-electron chi connectivity index (χ0n) is 6.47. The number of hydrogen-bond acceptors (Lipinski definition) is 1. The Labute approximate surface area is 66.6 Å². The van der Waals surface area contributed by atoms with Gasteiger partial charge in [0.1, 0.15) is 0 Å². The van der Waals surface area contributed by atoms with Crippen molar-refractivity contribution in [2.45, 2.75) is 32.1 Å². The molecule has 0 saturated carbocycles. The number of rotatable bonds is 3. The molecule has 0 amide bonds. The van der Waals surface area contributed by atoms with Crippen LogP contribution in [0.4, 0.5) is 0 Å². The van der Waals surface area contributed by atoms with E-state index in [-0.39, 0.29) is 6.42 Å². The molecule has 1 atom stereocenters. The van der Waals surface area contributed by atoms with Gasteiger partial charge in [0.25, 0.3) is 0 Å². The summed E-state index contributed by atoms with van der Waals surface area (Å²) >= 11 is 0. The quantitative estimate of drug-likeness (QED) is 0.624. The monoisotopic (exact) mass is 152 g/mol. The van der Waals surface area contributed by atoms with E-state index in [2.05, 4.69) is 11.8 Å². The van der Waals surface area contributed by atoms with Crippen LogP contribution >= 0.6 is 0 Å². The molecule has 0 heterocycles. The Morgan fingerprint density at radius 1 is 1.64 bits per heavy atom. The van der Waals surface area contributed by atoms with Crippen molar-refractivity contribution in [3.63, 3.8) is 0 Å². The number of hydrogen-bond donors (Lipinski definition) is 1. The van der Waals surface area contributed by atoms with E-state index in [9.17, 15) is 4.79 Å². The van der Waals surface area contributed by atoms with Gasteiger partial charge in [-0.3, -0.25) is 4.79 Å². The molecule has 1 unspecified atom stereocenters. The van der Waals surface area contributed by atoms with E-state index >= 15 is 0 Å². The second-order valence-electron chi connectivity index (χ2n) is 2.84. The third-order valence-corrected chi connectivity index (χ3v) is 1.87. The van der Waals surface area contributed by atoms with Crippen LogP contribution in [0, 0.1) is 17.8 Å². The van der Waals surface area contributed by atoms with E-state index in [0.29, 0.717) is 5.92 Å². The fraction of sp³-hybridized carbons (Fsp3) is 0.667. The molecule has 0 radical (unpaired) electrons. The summed E-state index contributed by atoms with van der Waals surface area (Å²) in [5, 5.41) is 8.40. The van der Waals surface area contributed by atoms with E-state index in [1.165, 1.54) is 0 Å². The first kappa shape index (κ1) is 8.13. The first-order chi connectivity index (χ1) is 5.29. The SMILES string of the molecule is O=C(O)CCC1C#CCCC1. The van der Waals surface area contributed by atoms with Gasteiger partial charge >= 0.3 is 5.97 Å². The molecule has 0 aromatic rings. The summed E-state index contributed by atoms with van der Waals surface area (Å²) in [4.78, 5) is 10.2. The molecule has 1 aliphatic rings. The Bertz CT molecular complexity index is 197. The highest BCUT2D eigenvalue weighted by molar-refractivity contribution is 5.66. The molecule has 1 aliphatic carbocycles. The molecular weight excluding hydrogens is 140 g/mol. The summed E-state index contributed by atoms with van der Waals surface area (Å²) in [7, 11) is 0. The molecule has 0 aromatic carbocycles. The maximum Gasteiger partial charge on any atom is 0.303 e. The lowest BCUT2D eigenvalue weighted by Crippen LogP contribution is -2.04. The number of aliphatic carboxylic acids is 1. The van der Waals surface area contributed by atoms with Crippen LogP contribution in [-0.4, -0.2) is 11.1 Å². The van der Waals surface area contributed by atoms with Crippen LogP contribution in [0.1, 0.15) is 32.1 Å². The van der Waals surface area contributed by atoms with Gasteiger partial charge in [-0.05, 0) is 19.3 Å². The molecule has 60 valence electrons. The van der Waals surface area contributed by atoms with Crippen LogP contribution in [-0.2, 0) is 4.79 Å². The predicted octanol–water partition coefficient (Wildman–Crippen LogP) is 1.65. The number of carbonyl (C=O) groups is 1. The predicted molar refractivity (Wildman–Crippen MR) is 42.0 cm³/mol. The molecule has 2 nitrogen and oxygen atoms in total. The summed E-state index contributed by atoms with van der Waals surface area (Å²) in [6.07, 6.45) is 4.20. The summed E-state index contributed by atoms with van der Waals surface area (Å²) in [6.45, 7) is 0. The van der Waals surface area contributed by atoms with Crippen LogP contribution < -0.4 is 0 Å². The van der Waals surface area contributed by atoms with Gasteiger partial charge in [0.05, 0.1) is 0 Å². The van der Waals surface area contributed by atoms with Gasteiger partial charge in [0.15, 0.2) is 0 Å². The number of carboxylic acids is 1. The molecule has 0 saturated heterocycles. The van der Waals surface area contributed by atoms with Crippen molar-refractivity contribution in [3.8, 4) is 11.8 Å². The molecular formula is C9H12O2. The molecule has 0 fully saturated rings. The Morgan fingerprint density at radius 2 is 2.45 bits per heavy atom. The first-order valence-corrected chi connectivity index (χ1v) is 3.99. The minimum atomic E-state index is -0.711. The van der Waals surface area contributed by atoms with Gasteiger partial charge in [-0.25, -0.2) is 0 Å². The van der Waals surface area contributed by atoms with Crippen molar-refractivity contribution < 1.29 is 9.90 Å². The van der Waals surface area contributed by atoms with Crippen molar-refractivity contribution >= 4 is 5.97 Å². The highest BCUT2D eigenvalue weighted by Gasteiger charge is 2.09. The lowest BCUT2D eigenvalue weighted by atomic mass is 9.94. The van der Waals surface area contributed by atoms with Crippen molar-refractivity contribution in [2.24, 2.45) is 5.92 Å². The normalized spacial score (nSPS) is 22.0. The van der Waals surface area contributed by atoms with Crippen LogP contribution in [0.2, 0.25) is 0 Å². The summed E-state index contributed by atoms with van der Waals surface area (Å²) in [5.74, 6) is 5.71. The van der Waals surface area contributed by atoms with Crippen LogP contribution in [0.15, 0.2) is 0 Å². The lowest BCUT2D eigenvalue weighted by molar-refractivity contribution is -0.137. The molecule has 0 aliphatic heterocycles. The van der Waals surface area contributed by atoms with Crippen molar-refractivity contribution in [1.82, 2.24) is 0 Å². The minimum Gasteiger partial charge on any atom is -0.481 e. The molecule has 11 heavy (non-hydrogen) atoms. The molecule has 0 bridgehead atoms. The maximum atomic E-state index is 10.2. The van der Waals surface area contributed by atoms with E-state index in [1.807, 2.05) is 0 Å². The largest absolute Gasteiger partial charge is 0.481 e. The maximum absolute atomic E-state index is 10.2. The Kier molecular flexibility index (Phi) is 2.97. The standard InChI is InChI=1S/C9H12O2/c10-9(11)7-6-8-4-2-1-3-5-8/h8H,1-2,4,6-7H2,(H,10,11). The zero-order valence-corrected chi connectivity index (χ0v) is 6.47. The van der Waals surface area contributed by atoms with Crippen molar-refractivity contribution in [3.05, 3.63) is 0 Å². The fourth-order valence-corrected chi connectivity index (χ4v) is 1.24. The average molecular weight is 152 g/mol. The Morgan fingerprint density at radius 3 is 3.00 bits per heavy atom. The van der Waals surface area contributed by atoms with E-state index in [4.69, 9.17) is 5.11 Å². The molecule has 0 aromatic heterocycles. The van der Waals surface area contributed by atoms with E-state index < -0.39 is 5.97 Å². The number of carboxylic acid groups (broad SMARTS) is 1. The summed E-state index contributed by atoms with van der Waals surface area (Å²) in [6, 6.07) is 0. The van der Waals surface area contributed by atoms with Gasteiger partial charge in [-0.15, -0.1) is 5.92 Å². The fourth-order valence-electron chi connectivity index (χ4n) is 1.24. The molecule has 2 heteroatoms. The second kappa shape index (κ2) is 4.02. The van der Waals surface area contributed by atoms with E-state index in [0.717, 1.165) is 25.7 Å². The lowest BCUT2D eigenvalue weighted by Gasteiger charge is -2.10. The second-order valence-corrected chi connectivity index (χ2v) is 2.84. The molecule has 0 spiro atoms. The first-order valence-electron chi connectivity index (χ1n) is 3.99. The molecule has 1 rings (SSSR count). The van der Waals surface area contributed by atoms with Gasteiger partial charge in [-0.1, -0.05) is 5.92 Å². The smallest absolute Gasteiger partial charge is 0.303 e. The Hall–Kier alpha value is -0.970. The summed E-state index contributed by atoms with van der Waals surface area (Å²) in [5.41, 5.74) is 0. The highest BCUT2D eigenvalue weighted by atomic mass is 16.4. The third kappa shape index (κ3) is 3.08. The summed E-state index contributed by atoms with van der Waals surface area (Å²) < 4.78 is 0. The van der Waals surface area contributed by atoms with Crippen LogP contribution in [0.25, 0.3) is 0 Å². The van der Waals surface area contributed by atoms with Gasteiger partial charge < -0.3 is 5.11 Å². The zero-order chi connectivity index (χ0) is 8.10.